The molecule has 2 heterocycles. The minimum atomic E-state index is 0.0903. The van der Waals surface area contributed by atoms with Crippen molar-refractivity contribution in [2.24, 2.45) is 5.92 Å². The Morgan fingerprint density at radius 2 is 1.96 bits per heavy atom. The maximum Gasteiger partial charge on any atom is 0.184 e. The third-order valence-corrected chi connectivity index (χ3v) is 4.88. The number of piperidine rings is 1. The van der Waals surface area contributed by atoms with Gasteiger partial charge in [0.05, 0.1) is 0 Å². The SMILES string of the molecule is CN1CCC(C(=O)c2cccc(NCc3ccccc3Cl)n2)CC1. The van der Waals surface area contributed by atoms with Gasteiger partial charge < -0.3 is 10.2 Å². The Morgan fingerprint density at radius 1 is 1.21 bits per heavy atom. The number of hydrogen-bond acceptors (Lipinski definition) is 4. The zero-order valence-corrected chi connectivity index (χ0v) is 14.6. The molecule has 2 aromatic rings. The number of Topliss-reactive ketones (excluding diaryl/α,β-unsaturated/α-hetero) is 1. The van der Waals surface area contributed by atoms with Crippen LogP contribution in [0.25, 0.3) is 0 Å². The van der Waals surface area contributed by atoms with Crippen LogP contribution in [0.1, 0.15) is 28.9 Å². The van der Waals surface area contributed by atoms with Gasteiger partial charge in [-0.25, -0.2) is 4.98 Å². The number of benzene rings is 1. The summed E-state index contributed by atoms with van der Waals surface area (Å²) in [6.07, 6.45) is 1.82. The van der Waals surface area contributed by atoms with Crippen LogP contribution in [-0.4, -0.2) is 35.8 Å². The van der Waals surface area contributed by atoms with Crippen LogP contribution in [0.4, 0.5) is 5.82 Å². The lowest BCUT2D eigenvalue weighted by Crippen LogP contribution is -2.33. The minimum Gasteiger partial charge on any atom is -0.366 e. The average molecular weight is 344 g/mol. The summed E-state index contributed by atoms with van der Waals surface area (Å²) < 4.78 is 0. The van der Waals surface area contributed by atoms with E-state index < -0.39 is 0 Å². The molecule has 1 aromatic heterocycles. The maximum atomic E-state index is 12.7. The molecule has 0 atom stereocenters. The third kappa shape index (κ3) is 4.13. The van der Waals surface area contributed by atoms with E-state index in [1.807, 2.05) is 36.4 Å². The Morgan fingerprint density at radius 3 is 2.71 bits per heavy atom. The number of pyridine rings is 1. The van der Waals surface area contributed by atoms with Crippen LogP contribution in [0.5, 0.6) is 0 Å². The van der Waals surface area contributed by atoms with Crippen molar-refractivity contribution in [3.05, 3.63) is 58.7 Å². The first-order chi connectivity index (χ1) is 11.6. The molecular formula is C19H22ClN3O. The van der Waals surface area contributed by atoms with Gasteiger partial charge in [0.2, 0.25) is 0 Å². The molecule has 1 aromatic carbocycles. The number of rotatable bonds is 5. The van der Waals surface area contributed by atoms with E-state index >= 15 is 0 Å². The zero-order chi connectivity index (χ0) is 16.9. The molecule has 24 heavy (non-hydrogen) atoms. The summed E-state index contributed by atoms with van der Waals surface area (Å²) >= 11 is 6.17. The van der Waals surface area contributed by atoms with Gasteiger partial charge in [0.1, 0.15) is 11.5 Å². The number of halogens is 1. The van der Waals surface area contributed by atoms with E-state index in [2.05, 4.69) is 22.2 Å². The molecular weight excluding hydrogens is 322 g/mol. The Kier molecular flexibility index (Phi) is 5.48. The topological polar surface area (TPSA) is 45.2 Å². The predicted molar refractivity (Wildman–Crippen MR) is 97.6 cm³/mol. The van der Waals surface area contributed by atoms with Gasteiger partial charge in [0.25, 0.3) is 0 Å². The van der Waals surface area contributed by atoms with E-state index in [1.54, 1.807) is 6.07 Å². The summed E-state index contributed by atoms with van der Waals surface area (Å²) in [6.45, 7) is 2.53. The number of nitrogens with zero attached hydrogens (tertiary/aromatic N) is 2. The normalized spacial score (nSPS) is 16.1. The zero-order valence-electron chi connectivity index (χ0n) is 13.8. The average Bonchev–Trinajstić information content (AvgIpc) is 2.61. The van der Waals surface area contributed by atoms with Crippen LogP contribution < -0.4 is 5.32 Å². The number of likely N-dealkylation sites (tertiary alicyclic amines) is 1. The molecule has 126 valence electrons. The molecule has 1 aliphatic rings. The fourth-order valence-electron chi connectivity index (χ4n) is 2.98. The highest BCUT2D eigenvalue weighted by molar-refractivity contribution is 6.31. The first-order valence-corrected chi connectivity index (χ1v) is 8.68. The first-order valence-electron chi connectivity index (χ1n) is 8.30. The van der Waals surface area contributed by atoms with Gasteiger partial charge in [-0.15, -0.1) is 0 Å². The van der Waals surface area contributed by atoms with Crippen molar-refractivity contribution in [3.63, 3.8) is 0 Å². The van der Waals surface area contributed by atoms with Crippen molar-refractivity contribution in [1.29, 1.82) is 0 Å². The second-order valence-electron chi connectivity index (χ2n) is 6.29. The molecule has 0 spiro atoms. The second kappa shape index (κ2) is 7.77. The number of nitrogens with one attached hydrogen (secondary N) is 1. The quantitative estimate of drug-likeness (QED) is 0.837. The molecule has 5 heteroatoms. The summed E-state index contributed by atoms with van der Waals surface area (Å²) in [5.74, 6) is 0.950. The Labute approximate surface area is 147 Å². The molecule has 3 rings (SSSR count). The van der Waals surface area contributed by atoms with Crippen molar-refractivity contribution in [2.75, 3.05) is 25.5 Å². The molecule has 0 amide bonds. The highest BCUT2D eigenvalue weighted by Crippen LogP contribution is 2.21. The molecule has 0 bridgehead atoms. The summed E-state index contributed by atoms with van der Waals surface area (Å²) in [4.78, 5) is 19.4. The van der Waals surface area contributed by atoms with E-state index in [0.717, 1.165) is 36.5 Å². The van der Waals surface area contributed by atoms with Crippen LogP contribution in [-0.2, 0) is 6.54 Å². The number of anilines is 1. The van der Waals surface area contributed by atoms with Gasteiger partial charge in [-0.2, -0.15) is 0 Å². The van der Waals surface area contributed by atoms with Gasteiger partial charge >= 0.3 is 0 Å². The third-order valence-electron chi connectivity index (χ3n) is 4.51. The van der Waals surface area contributed by atoms with Crippen molar-refractivity contribution >= 4 is 23.2 Å². The van der Waals surface area contributed by atoms with Crippen molar-refractivity contribution in [3.8, 4) is 0 Å². The molecule has 0 unspecified atom stereocenters. The number of hydrogen-bond donors (Lipinski definition) is 1. The number of carbonyl (C=O) groups is 1. The van der Waals surface area contributed by atoms with Gasteiger partial charge in [0, 0.05) is 17.5 Å². The van der Waals surface area contributed by atoms with Crippen molar-refractivity contribution < 1.29 is 4.79 Å². The van der Waals surface area contributed by atoms with Gasteiger partial charge in [0.15, 0.2) is 5.78 Å². The number of aromatic nitrogens is 1. The summed E-state index contributed by atoms with van der Waals surface area (Å²) in [6, 6.07) is 13.3. The van der Waals surface area contributed by atoms with Gasteiger partial charge in [-0.3, -0.25) is 4.79 Å². The Bertz CT molecular complexity index is 711. The largest absolute Gasteiger partial charge is 0.366 e. The molecule has 1 N–H and O–H groups in total. The van der Waals surface area contributed by atoms with Crippen LogP contribution in [0.3, 0.4) is 0 Å². The lowest BCUT2D eigenvalue weighted by molar-refractivity contribution is 0.0851. The first kappa shape index (κ1) is 16.9. The highest BCUT2D eigenvalue weighted by Gasteiger charge is 2.25. The molecule has 1 saturated heterocycles. The van der Waals surface area contributed by atoms with Crippen LogP contribution in [0.15, 0.2) is 42.5 Å². The lowest BCUT2D eigenvalue weighted by Gasteiger charge is -2.27. The second-order valence-corrected chi connectivity index (χ2v) is 6.70. The van der Waals surface area contributed by atoms with Crippen molar-refractivity contribution in [1.82, 2.24) is 9.88 Å². The molecule has 4 nitrogen and oxygen atoms in total. The monoisotopic (exact) mass is 343 g/mol. The fourth-order valence-corrected chi connectivity index (χ4v) is 3.18. The van der Waals surface area contributed by atoms with Crippen LogP contribution in [0.2, 0.25) is 5.02 Å². The summed E-state index contributed by atoms with van der Waals surface area (Å²) in [5, 5.41) is 3.98. The molecule has 0 saturated carbocycles. The van der Waals surface area contributed by atoms with Crippen LogP contribution in [0, 0.1) is 5.92 Å². The standard InChI is InChI=1S/C19H22ClN3O/c1-23-11-9-14(10-12-23)19(24)17-7-4-8-18(22-17)21-13-15-5-2-3-6-16(15)20/h2-8,14H,9-13H2,1H3,(H,21,22). The Balaban J connectivity index is 1.65. The maximum absolute atomic E-state index is 12.7. The van der Waals surface area contributed by atoms with Crippen molar-refractivity contribution in [2.45, 2.75) is 19.4 Å². The van der Waals surface area contributed by atoms with Crippen LogP contribution >= 0.6 is 11.6 Å². The van der Waals surface area contributed by atoms with Gasteiger partial charge in [-0.05, 0) is 56.7 Å². The van der Waals surface area contributed by atoms with E-state index in [4.69, 9.17) is 11.6 Å². The summed E-state index contributed by atoms with van der Waals surface area (Å²) in [5.41, 5.74) is 1.56. The van der Waals surface area contributed by atoms with Gasteiger partial charge in [-0.1, -0.05) is 35.9 Å². The highest BCUT2D eigenvalue weighted by atomic mass is 35.5. The molecule has 0 aliphatic carbocycles. The fraction of sp³-hybridized carbons (Fsp3) is 0.368. The van der Waals surface area contributed by atoms with E-state index in [1.165, 1.54) is 0 Å². The molecule has 1 fully saturated rings. The smallest absolute Gasteiger partial charge is 0.184 e. The number of ketones is 1. The van der Waals surface area contributed by atoms with E-state index in [0.29, 0.717) is 18.1 Å². The predicted octanol–water partition coefficient (Wildman–Crippen LogP) is 3.87. The lowest BCUT2D eigenvalue weighted by atomic mass is 9.91. The Hall–Kier alpha value is -1.91. The van der Waals surface area contributed by atoms with E-state index in [9.17, 15) is 4.79 Å². The minimum absolute atomic E-state index is 0.0903. The molecule has 1 aliphatic heterocycles. The van der Waals surface area contributed by atoms with E-state index in [-0.39, 0.29) is 11.7 Å². The molecule has 0 radical (unpaired) electrons. The summed E-state index contributed by atoms with van der Waals surface area (Å²) in [7, 11) is 2.10. The number of carbonyl (C=O) groups excluding carboxylic acids is 1.